The van der Waals surface area contributed by atoms with E-state index in [9.17, 15) is 9.59 Å². The molecule has 1 aliphatic carbocycles. The number of piperidine rings is 1. The predicted molar refractivity (Wildman–Crippen MR) is 80.6 cm³/mol. The van der Waals surface area contributed by atoms with E-state index in [0.29, 0.717) is 13.1 Å². The lowest BCUT2D eigenvalue weighted by Gasteiger charge is -2.34. The summed E-state index contributed by atoms with van der Waals surface area (Å²) in [5.74, 6) is 0.860. The zero-order valence-electron chi connectivity index (χ0n) is 13.0. The van der Waals surface area contributed by atoms with Crippen LogP contribution in [0.3, 0.4) is 0 Å². The smallest absolute Gasteiger partial charge is 0.245 e. The van der Waals surface area contributed by atoms with Crippen LogP contribution in [0.1, 0.15) is 51.9 Å². The van der Waals surface area contributed by atoms with Crippen LogP contribution in [0.5, 0.6) is 0 Å². The Hall–Kier alpha value is -1.10. The molecule has 21 heavy (non-hydrogen) atoms. The highest BCUT2D eigenvalue weighted by molar-refractivity contribution is 5.89. The van der Waals surface area contributed by atoms with Crippen molar-refractivity contribution in [1.82, 2.24) is 10.2 Å². The van der Waals surface area contributed by atoms with Gasteiger partial charge in [-0.3, -0.25) is 9.59 Å². The van der Waals surface area contributed by atoms with Crippen molar-refractivity contribution in [1.29, 1.82) is 0 Å². The van der Waals surface area contributed by atoms with Gasteiger partial charge in [0.25, 0.3) is 0 Å². The average Bonchev–Trinajstić information content (AvgIpc) is 2.51. The Morgan fingerprint density at radius 3 is 2.62 bits per heavy atom. The van der Waals surface area contributed by atoms with Gasteiger partial charge < -0.3 is 15.3 Å². The molecule has 0 radical (unpaired) electrons. The second kappa shape index (κ2) is 7.78. The molecule has 1 atom stereocenters. The SMILES string of the molecule is CCC1CCC(C(=O)N[C@@H]2CCCN(CCO)C2=O)CC1. The molecule has 5 nitrogen and oxygen atoms in total. The van der Waals surface area contributed by atoms with Crippen molar-refractivity contribution in [3.05, 3.63) is 0 Å². The van der Waals surface area contributed by atoms with Gasteiger partial charge in [-0.1, -0.05) is 13.3 Å². The normalized spacial score (nSPS) is 30.3. The molecule has 2 rings (SSSR count). The third-order valence-corrected chi connectivity index (χ3v) is 5.01. The van der Waals surface area contributed by atoms with Gasteiger partial charge in [0.1, 0.15) is 6.04 Å². The number of carbonyl (C=O) groups excluding carboxylic acids is 2. The van der Waals surface area contributed by atoms with Crippen LogP contribution in [-0.4, -0.2) is 47.6 Å². The van der Waals surface area contributed by atoms with Gasteiger partial charge in [-0.05, 0) is 44.4 Å². The van der Waals surface area contributed by atoms with Crippen LogP contribution < -0.4 is 5.32 Å². The zero-order valence-corrected chi connectivity index (χ0v) is 13.0. The van der Waals surface area contributed by atoms with E-state index in [1.54, 1.807) is 4.90 Å². The van der Waals surface area contributed by atoms with E-state index in [1.165, 1.54) is 6.42 Å². The molecule has 120 valence electrons. The molecule has 0 aromatic carbocycles. The number of amides is 2. The second-order valence-electron chi connectivity index (χ2n) is 6.38. The standard InChI is InChI=1S/C16H28N2O3/c1-2-12-5-7-13(8-6-12)15(20)17-14-4-3-9-18(10-11-19)16(14)21/h12-14,19H,2-11H2,1H3,(H,17,20)/t12?,13?,14-/m1/s1. The number of carbonyl (C=O) groups is 2. The molecule has 2 fully saturated rings. The summed E-state index contributed by atoms with van der Waals surface area (Å²) in [7, 11) is 0. The molecule has 2 amide bonds. The molecule has 2 aliphatic rings. The maximum absolute atomic E-state index is 12.3. The highest BCUT2D eigenvalue weighted by atomic mass is 16.3. The van der Waals surface area contributed by atoms with E-state index < -0.39 is 0 Å². The van der Waals surface area contributed by atoms with Crippen LogP contribution in [0.15, 0.2) is 0 Å². The van der Waals surface area contributed by atoms with Crippen molar-refractivity contribution in [2.45, 2.75) is 57.9 Å². The largest absolute Gasteiger partial charge is 0.395 e. The van der Waals surface area contributed by atoms with Gasteiger partial charge in [0.2, 0.25) is 11.8 Å². The van der Waals surface area contributed by atoms with Crippen molar-refractivity contribution in [3.63, 3.8) is 0 Å². The Morgan fingerprint density at radius 2 is 2.00 bits per heavy atom. The number of rotatable bonds is 5. The lowest BCUT2D eigenvalue weighted by Crippen LogP contribution is -2.54. The molecule has 0 aromatic heterocycles. The molecule has 1 saturated heterocycles. The molecule has 0 spiro atoms. The fraction of sp³-hybridized carbons (Fsp3) is 0.875. The minimum Gasteiger partial charge on any atom is -0.395 e. The highest BCUT2D eigenvalue weighted by Gasteiger charge is 2.32. The Labute approximate surface area is 127 Å². The van der Waals surface area contributed by atoms with Crippen molar-refractivity contribution in [2.24, 2.45) is 11.8 Å². The Morgan fingerprint density at radius 1 is 1.29 bits per heavy atom. The van der Waals surface area contributed by atoms with Gasteiger partial charge in [-0.15, -0.1) is 0 Å². The van der Waals surface area contributed by atoms with Crippen molar-refractivity contribution in [2.75, 3.05) is 19.7 Å². The first-order valence-electron chi connectivity index (χ1n) is 8.35. The second-order valence-corrected chi connectivity index (χ2v) is 6.38. The van der Waals surface area contributed by atoms with E-state index in [4.69, 9.17) is 5.11 Å². The summed E-state index contributed by atoms with van der Waals surface area (Å²) in [6.07, 6.45) is 6.96. The van der Waals surface area contributed by atoms with E-state index in [-0.39, 0.29) is 30.4 Å². The van der Waals surface area contributed by atoms with Crippen LogP contribution in [0.2, 0.25) is 0 Å². The van der Waals surface area contributed by atoms with Crippen LogP contribution in [0, 0.1) is 11.8 Å². The van der Waals surface area contributed by atoms with Crippen LogP contribution in [0.25, 0.3) is 0 Å². The third kappa shape index (κ3) is 4.19. The molecule has 0 unspecified atom stereocenters. The first-order valence-corrected chi connectivity index (χ1v) is 8.35. The molecular formula is C16H28N2O3. The number of aliphatic hydroxyl groups excluding tert-OH is 1. The number of hydrogen-bond donors (Lipinski definition) is 2. The fourth-order valence-corrected chi connectivity index (χ4v) is 3.54. The van der Waals surface area contributed by atoms with E-state index in [2.05, 4.69) is 12.2 Å². The summed E-state index contributed by atoms with van der Waals surface area (Å²) in [6.45, 7) is 3.25. The van der Waals surface area contributed by atoms with Gasteiger partial charge in [-0.25, -0.2) is 0 Å². The summed E-state index contributed by atoms with van der Waals surface area (Å²) in [4.78, 5) is 26.2. The molecule has 1 heterocycles. The number of nitrogens with one attached hydrogen (secondary N) is 1. The number of nitrogens with zero attached hydrogens (tertiary/aromatic N) is 1. The lowest BCUT2D eigenvalue weighted by molar-refractivity contribution is -0.140. The third-order valence-electron chi connectivity index (χ3n) is 5.01. The Bertz CT molecular complexity index is 363. The molecule has 0 aromatic rings. The highest BCUT2D eigenvalue weighted by Crippen LogP contribution is 2.30. The molecule has 5 heteroatoms. The summed E-state index contributed by atoms with van der Waals surface area (Å²) >= 11 is 0. The first-order chi connectivity index (χ1) is 10.2. The van der Waals surface area contributed by atoms with Crippen LogP contribution in [0.4, 0.5) is 0 Å². The minimum atomic E-state index is -0.387. The summed E-state index contributed by atoms with van der Waals surface area (Å²) in [6, 6.07) is -0.387. The number of aliphatic hydroxyl groups is 1. The fourth-order valence-electron chi connectivity index (χ4n) is 3.54. The molecule has 2 N–H and O–H groups in total. The van der Waals surface area contributed by atoms with Crippen molar-refractivity contribution >= 4 is 11.8 Å². The van der Waals surface area contributed by atoms with Gasteiger partial charge in [0.15, 0.2) is 0 Å². The predicted octanol–water partition coefficient (Wildman–Crippen LogP) is 1.30. The van der Waals surface area contributed by atoms with E-state index in [1.807, 2.05) is 0 Å². The summed E-state index contributed by atoms with van der Waals surface area (Å²) < 4.78 is 0. The van der Waals surface area contributed by atoms with Gasteiger partial charge in [0, 0.05) is 19.0 Å². The summed E-state index contributed by atoms with van der Waals surface area (Å²) in [5.41, 5.74) is 0. The molecule has 1 aliphatic heterocycles. The molecule has 1 saturated carbocycles. The van der Waals surface area contributed by atoms with Gasteiger partial charge >= 0.3 is 0 Å². The average molecular weight is 296 g/mol. The van der Waals surface area contributed by atoms with Crippen LogP contribution >= 0.6 is 0 Å². The monoisotopic (exact) mass is 296 g/mol. The molecule has 0 bridgehead atoms. The lowest BCUT2D eigenvalue weighted by atomic mass is 9.80. The number of hydrogen-bond acceptors (Lipinski definition) is 3. The first kappa shape index (κ1) is 16.3. The van der Waals surface area contributed by atoms with E-state index in [0.717, 1.165) is 44.4 Å². The van der Waals surface area contributed by atoms with E-state index >= 15 is 0 Å². The Kier molecular flexibility index (Phi) is 6.03. The quantitative estimate of drug-likeness (QED) is 0.803. The molecular weight excluding hydrogens is 268 g/mol. The topological polar surface area (TPSA) is 69.6 Å². The minimum absolute atomic E-state index is 0.0204. The van der Waals surface area contributed by atoms with Crippen LogP contribution in [-0.2, 0) is 9.59 Å². The Balaban J connectivity index is 1.83. The van der Waals surface area contributed by atoms with Gasteiger partial charge in [0.05, 0.1) is 6.61 Å². The summed E-state index contributed by atoms with van der Waals surface area (Å²) in [5, 5.41) is 11.9. The van der Waals surface area contributed by atoms with Crippen molar-refractivity contribution < 1.29 is 14.7 Å². The maximum atomic E-state index is 12.3. The van der Waals surface area contributed by atoms with Gasteiger partial charge in [-0.2, -0.15) is 0 Å². The number of likely N-dealkylation sites (tertiary alicyclic amines) is 1. The number of β-amino-alcohol motifs (C(OH)–C–C–N with tert-alkyl or cyclic N) is 1. The zero-order chi connectivity index (χ0) is 15.2. The maximum Gasteiger partial charge on any atom is 0.245 e. The van der Waals surface area contributed by atoms with Crippen molar-refractivity contribution in [3.8, 4) is 0 Å².